The molecule has 0 spiro atoms. The maximum absolute atomic E-state index is 9.65. The Labute approximate surface area is 142 Å². The van der Waals surface area contributed by atoms with Crippen molar-refractivity contribution in [2.24, 2.45) is 0 Å². The van der Waals surface area contributed by atoms with Crippen molar-refractivity contribution >= 4 is 54.3 Å². The minimum Gasteiger partial charge on any atom is -0.369 e. The lowest BCUT2D eigenvalue weighted by Crippen LogP contribution is -2.71. The second-order valence-corrected chi connectivity index (χ2v) is 14.6. The fraction of sp³-hybridized carbons (Fsp3) is 0. The average molecular weight is 487 g/mol. The van der Waals surface area contributed by atoms with Gasteiger partial charge in [0.2, 0.25) is 0 Å². The van der Waals surface area contributed by atoms with Crippen LogP contribution in [-0.4, -0.2) is 121 Å². The summed E-state index contributed by atoms with van der Waals surface area (Å²) in [6.45, 7) is 0. The Morgan fingerprint density at radius 1 is 0.280 bits per heavy atom. The summed E-state index contributed by atoms with van der Waals surface area (Å²) in [5, 5.41) is 0. The van der Waals surface area contributed by atoms with E-state index < -0.39 is 54.3 Å². The zero-order valence-corrected chi connectivity index (χ0v) is 17.3. The molecule has 0 fully saturated rings. The molecule has 14 N–H and O–H groups in total. The SMILES string of the molecule is O[Si](O)(O)O[Si](O)(O[Si](O)(O)O)O[Si](O)(O[Si](O)(O)O)O[Si](O)(O)O. The highest BCUT2D eigenvalue weighted by Crippen LogP contribution is 2.21. The van der Waals surface area contributed by atoms with E-state index in [2.05, 4.69) is 20.6 Å². The predicted octanol–water partition coefficient (Wildman–Crippen LogP) is -10.4. The summed E-state index contributed by atoms with van der Waals surface area (Å²) in [5.74, 6) is 0. The second-order valence-electron chi connectivity index (χ2n) is 3.85. The van der Waals surface area contributed by atoms with E-state index in [0.717, 1.165) is 0 Å². The van der Waals surface area contributed by atoms with Crippen LogP contribution in [0, 0.1) is 0 Å². The molecule has 25 heavy (non-hydrogen) atoms. The molecule has 0 aliphatic rings. The van der Waals surface area contributed by atoms with Crippen LogP contribution in [0.5, 0.6) is 0 Å². The first-order valence-corrected chi connectivity index (χ1v) is 15.5. The molecule has 0 aromatic rings. The van der Waals surface area contributed by atoms with Gasteiger partial charge in [0.15, 0.2) is 0 Å². The molecule has 0 aromatic heterocycles. The molecule has 0 radical (unpaired) electrons. The number of hydrogen-bond acceptors (Lipinski definition) is 19. The third kappa shape index (κ3) is 13.4. The molecule has 0 aliphatic heterocycles. The third-order valence-corrected chi connectivity index (χ3v) is 11.9. The molecule has 0 atom stereocenters. The molecular weight excluding hydrogens is 472 g/mol. The first-order chi connectivity index (χ1) is 10.5. The van der Waals surface area contributed by atoms with E-state index in [-0.39, 0.29) is 0 Å². The standard InChI is InChI=1S/H14O19Si6/c1-20(2,3)15-24(13,16-21(4,5)6)19-25(14,17-22(7,8)9)18-23(10,11)12/h1-14H. The molecule has 0 saturated carbocycles. The summed E-state index contributed by atoms with van der Waals surface area (Å²) in [5.41, 5.74) is 0. The van der Waals surface area contributed by atoms with E-state index in [1.54, 1.807) is 0 Å². The van der Waals surface area contributed by atoms with Crippen LogP contribution < -0.4 is 0 Å². The van der Waals surface area contributed by atoms with Crippen LogP contribution in [0.4, 0.5) is 0 Å². The van der Waals surface area contributed by atoms with Gasteiger partial charge in [-0.3, -0.25) is 0 Å². The molecule has 0 saturated heterocycles. The van der Waals surface area contributed by atoms with E-state index >= 15 is 0 Å². The Morgan fingerprint density at radius 2 is 0.440 bits per heavy atom. The number of hydrogen-bond donors (Lipinski definition) is 14. The van der Waals surface area contributed by atoms with Gasteiger partial charge in [0.05, 0.1) is 0 Å². The van der Waals surface area contributed by atoms with E-state index in [1.165, 1.54) is 0 Å². The van der Waals surface area contributed by atoms with Gasteiger partial charge in [0.25, 0.3) is 0 Å². The summed E-state index contributed by atoms with van der Waals surface area (Å²) < 4.78 is 18.2. The predicted molar refractivity (Wildman–Crippen MR) is 71.0 cm³/mol. The lowest BCUT2D eigenvalue weighted by molar-refractivity contribution is -0.0331. The van der Waals surface area contributed by atoms with Crippen molar-refractivity contribution in [2.75, 3.05) is 0 Å². The Kier molecular flexibility index (Phi) is 8.05. The lowest BCUT2D eigenvalue weighted by atomic mass is 15.5. The average Bonchev–Trinajstić information content (AvgIpc) is 1.97. The summed E-state index contributed by atoms with van der Waals surface area (Å²) in [7, 11) is -36.2. The molecule has 25 heteroatoms. The van der Waals surface area contributed by atoms with Gasteiger partial charge >= 0.3 is 54.3 Å². The van der Waals surface area contributed by atoms with Crippen molar-refractivity contribution in [2.45, 2.75) is 0 Å². The van der Waals surface area contributed by atoms with Crippen molar-refractivity contribution in [3.63, 3.8) is 0 Å². The topological polar surface area (TPSA) is 329 Å². The summed E-state index contributed by atoms with van der Waals surface area (Å²) in [6, 6.07) is 0. The Balaban J connectivity index is 5.79. The Morgan fingerprint density at radius 3 is 0.560 bits per heavy atom. The molecule has 0 unspecified atom stereocenters. The number of rotatable bonds is 10. The molecule has 0 rings (SSSR count). The fourth-order valence-corrected chi connectivity index (χ4v) is 11.1. The highest BCUT2D eigenvalue weighted by atomic mass is 28.6. The van der Waals surface area contributed by atoms with Crippen LogP contribution in [0.25, 0.3) is 0 Å². The van der Waals surface area contributed by atoms with E-state index in [0.29, 0.717) is 0 Å². The third-order valence-electron chi connectivity index (χ3n) is 1.32. The molecular formula is H14O19Si6. The maximum Gasteiger partial charge on any atom is 0.665 e. The van der Waals surface area contributed by atoms with Crippen LogP contribution in [-0.2, 0) is 20.6 Å². The maximum atomic E-state index is 9.65. The zero-order chi connectivity index (χ0) is 20.5. The molecule has 0 heterocycles. The van der Waals surface area contributed by atoms with Gasteiger partial charge in [0, 0.05) is 0 Å². The smallest absolute Gasteiger partial charge is 0.369 e. The van der Waals surface area contributed by atoms with Crippen LogP contribution in [0.1, 0.15) is 0 Å². The van der Waals surface area contributed by atoms with Crippen molar-refractivity contribution in [1.82, 2.24) is 0 Å². The molecule has 0 amide bonds. The van der Waals surface area contributed by atoms with Crippen molar-refractivity contribution in [3.8, 4) is 0 Å². The van der Waals surface area contributed by atoms with Gasteiger partial charge in [-0.15, -0.1) is 0 Å². The van der Waals surface area contributed by atoms with E-state index in [1.807, 2.05) is 0 Å². The fourth-order valence-electron chi connectivity index (χ4n) is 0.980. The van der Waals surface area contributed by atoms with Crippen LogP contribution >= 0.6 is 0 Å². The van der Waals surface area contributed by atoms with Crippen LogP contribution in [0.15, 0.2) is 0 Å². The zero-order valence-electron chi connectivity index (χ0n) is 11.3. The van der Waals surface area contributed by atoms with Gasteiger partial charge in [-0.25, -0.2) is 0 Å². The summed E-state index contributed by atoms with van der Waals surface area (Å²) in [4.78, 5) is 124. The summed E-state index contributed by atoms with van der Waals surface area (Å²) in [6.07, 6.45) is 0. The molecule has 19 nitrogen and oxygen atoms in total. The van der Waals surface area contributed by atoms with Gasteiger partial charge in [-0.05, 0) is 0 Å². The molecule has 0 bridgehead atoms. The quantitative estimate of drug-likeness (QED) is 0.127. The van der Waals surface area contributed by atoms with Crippen LogP contribution in [0.3, 0.4) is 0 Å². The van der Waals surface area contributed by atoms with Gasteiger partial charge in [0.1, 0.15) is 0 Å². The molecule has 0 aliphatic carbocycles. The first kappa shape index (κ1) is 25.5. The lowest BCUT2D eigenvalue weighted by Gasteiger charge is -2.34. The monoisotopic (exact) mass is 486 g/mol. The molecule has 0 aromatic carbocycles. The Hall–Kier alpha value is 0.541. The largest absolute Gasteiger partial charge is 0.665 e. The van der Waals surface area contributed by atoms with Crippen LogP contribution in [0.2, 0.25) is 0 Å². The minimum atomic E-state index is -6.29. The van der Waals surface area contributed by atoms with Crippen molar-refractivity contribution in [3.05, 3.63) is 0 Å². The normalized spacial score (nSPS) is 15.6. The van der Waals surface area contributed by atoms with Gasteiger partial charge in [-0.1, -0.05) is 0 Å². The van der Waals surface area contributed by atoms with Crippen molar-refractivity contribution < 1.29 is 87.7 Å². The van der Waals surface area contributed by atoms with E-state index in [9.17, 15) is 9.59 Å². The summed E-state index contributed by atoms with van der Waals surface area (Å²) >= 11 is 0. The highest BCUT2D eigenvalue weighted by Gasteiger charge is 2.68. The minimum absolute atomic E-state index is 3.59. The second kappa shape index (κ2) is 7.88. The van der Waals surface area contributed by atoms with Crippen molar-refractivity contribution in [1.29, 1.82) is 0 Å². The molecule has 152 valence electrons. The Bertz CT molecular complexity index is 345. The highest BCUT2D eigenvalue weighted by molar-refractivity contribution is 6.80. The first-order valence-electron chi connectivity index (χ1n) is 5.17. The van der Waals surface area contributed by atoms with E-state index in [4.69, 9.17) is 57.5 Å². The van der Waals surface area contributed by atoms with Gasteiger partial charge in [-0.2, -0.15) is 0 Å². The van der Waals surface area contributed by atoms with Gasteiger partial charge < -0.3 is 87.7 Å².